The number of urea groups is 1. The van der Waals surface area contributed by atoms with Crippen LogP contribution in [0, 0.1) is 16.7 Å². The van der Waals surface area contributed by atoms with E-state index < -0.39 is 5.97 Å². The Bertz CT molecular complexity index is 363. The molecule has 116 valence electrons. The molecule has 1 aliphatic rings. The Labute approximate surface area is 121 Å². The molecule has 0 saturated heterocycles. The van der Waals surface area contributed by atoms with Gasteiger partial charge < -0.3 is 15.7 Å². The zero-order valence-corrected chi connectivity index (χ0v) is 13.2. The molecule has 0 heterocycles. The fourth-order valence-electron chi connectivity index (χ4n) is 3.06. The lowest BCUT2D eigenvalue weighted by molar-refractivity contribution is -0.137. The summed E-state index contributed by atoms with van der Waals surface area (Å²) >= 11 is 0. The molecule has 1 unspecified atom stereocenters. The molecule has 5 heteroatoms. The number of hydrogen-bond acceptors (Lipinski definition) is 2. The van der Waals surface area contributed by atoms with E-state index in [9.17, 15) is 9.59 Å². The molecule has 1 atom stereocenters. The van der Waals surface area contributed by atoms with Crippen LogP contribution in [0.4, 0.5) is 4.79 Å². The largest absolute Gasteiger partial charge is 0.481 e. The molecular weight excluding hydrogens is 256 g/mol. The van der Waals surface area contributed by atoms with Crippen molar-refractivity contribution in [1.82, 2.24) is 10.6 Å². The fourth-order valence-corrected chi connectivity index (χ4v) is 3.06. The van der Waals surface area contributed by atoms with Crippen LogP contribution in [0.2, 0.25) is 0 Å². The van der Waals surface area contributed by atoms with Crippen LogP contribution in [-0.4, -0.2) is 29.7 Å². The average molecular weight is 284 g/mol. The summed E-state index contributed by atoms with van der Waals surface area (Å²) in [5.41, 5.74) is 0.480. The summed E-state index contributed by atoms with van der Waals surface area (Å²) in [6.07, 6.45) is 1.50. The first kappa shape index (κ1) is 16.8. The lowest BCUT2D eigenvalue weighted by atomic mass is 10.0. The molecule has 0 aliphatic heterocycles. The van der Waals surface area contributed by atoms with Crippen molar-refractivity contribution in [3.05, 3.63) is 0 Å². The standard InChI is InChI=1S/C15H28N2O3/c1-6-7-10(8-12(18)19)17-13(20)16-9-11-14(2,3)15(11,4)5/h10-11H,6-9H2,1-5H3,(H,18,19)(H2,16,17,20). The molecule has 0 spiro atoms. The molecule has 0 aromatic rings. The number of carboxylic acid groups (broad SMARTS) is 1. The highest BCUT2D eigenvalue weighted by Crippen LogP contribution is 2.67. The molecule has 0 aromatic carbocycles. The van der Waals surface area contributed by atoms with Crippen molar-refractivity contribution in [3.63, 3.8) is 0 Å². The first-order chi connectivity index (χ1) is 9.12. The summed E-state index contributed by atoms with van der Waals surface area (Å²) in [4.78, 5) is 22.6. The van der Waals surface area contributed by atoms with Gasteiger partial charge >= 0.3 is 12.0 Å². The summed E-state index contributed by atoms with van der Waals surface area (Å²) in [5, 5.41) is 14.4. The van der Waals surface area contributed by atoms with Gasteiger partial charge in [-0.25, -0.2) is 4.79 Å². The zero-order valence-electron chi connectivity index (χ0n) is 13.2. The average Bonchev–Trinajstić information content (AvgIpc) is 2.66. The van der Waals surface area contributed by atoms with Crippen LogP contribution >= 0.6 is 0 Å². The number of rotatable bonds is 7. The molecule has 1 rings (SSSR count). The van der Waals surface area contributed by atoms with Crippen LogP contribution in [0.1, 0.15) is 53.9 Å². The van der Waals surface area contributed by atoms with Crippen LogP contribution < -0.4 is 10.6 Å². The second kappa shape index (κ2) is 6.02. The van der Waals surface area contributed by atoms with E-state index in [0.29, 0.717) is 18.9 Å². The van der Waals surface area contributed by atoms with Gasteiger partial charge in [-0.15, -0.1) is 0 Å². The van der Waals surface area contributed by atoms with Gasteiger partial charge in [0.15, 0.2) is 0 Å². The van der Waals surface area contributed by atoms with Crippen molar-refractivity contribution in [2.45, 2.75) is 59.9 Å². The third-order valence-corrected chi connectivity index (χ3v) is 5.18. The van der Waals surface area contributed by atoms with Gasteiger partial charge in [0.2, 0.25) is 0 Å². The monoisotopic (exact) mass is 284 g/mol. The number of carbonyl (C=O) groups excluding carboxylic acids is 1. The van der Waals surface area contributed by atoms with Gasteiger partial charge in [0.25, 0.3) is 0 Å². The van der Waals surface area contributed by atoms with Gasteiger partial charge in [-0.2, -0.15) is 0 Å². The third kappa shape index (κ3) is 3.64. The number of carboxylic acids is 1. The molecule has 1 aliphatic carbocycles. The summed E-state index contributed by atoms with van der Waals surface area (Å²) in [6.45, 7) is 11.5. The minimum atomic E-state index is -0.881. The van der Waals surface area contributed by atoms with E-state index in [2.05, 4.69) is 38.3 Å². The van der Waals surface area contributed by atoms with Crippen LogP contribution in [-0.2, 0) is 4.79 Å². The Morgan fingerprint density at radius 1 is 1.20 bits per heavy atom. The van der Waals surface area contributed by atoms with Crippen LogP contribution in [0.3, 0.4) is 0 Å². The highest BCUT2D eigenvalue weighted by atomic mass is 16.4. The molecular formula is C15H28N2O3. The van der Waals surface area contributed by atoms with Gasteiger partial charge in [0.1, 0.15) is 0 Å². The second-order valence-electron chi connectivity index (χ2n) is 6.93. The van der Waals surface area contributed by atoms with Gasteiger partial charge in [-0.1, -0.05) is 41.0 Å². The Hall–Kier alpha value is -1.26. The molecule has 2 amide bonds. The Morgan fingerprint density at radius 3 is 2.15 bits per heavy atom. The van der Waals surface area contributed by atoms with Gasteiger partial charge in [0, 0.05) is 12.6 Å². The Kier molecular flexibility index (Phi) is 5.05. The summed E-state index contributed by atoms with van der Waals surface area (Å²) in [6, 6.07) is -0.555. The normalized spacial score (nSPS) is 21.1. The highest BCUT2D eigenvalue weighted by molar-refractivity contribution is 5.75. The fraction of sp³-hybridized carbons (Fsp3) is 0.867. The number of hydrogen-bond donors (Lipinski definition) is 3. The molecule has 0 bridgehead atoms. The van der Waals surface area contributed by atoms with Gasteiger partial charge in [-0.3, -0.25) is 4.79 Å². The lowest BCUT2D eigenvalue weighted by Gasteiger charge is -2.17. The van der Waals surface area contributed by atoms with E-state index >= 15 is 0 Å². The van der Waals surface area contributed by atoms with E-state index in [1.54, 1.807) is 0 Å². The predicted molar refractivity (Wildman–Crippen MR) is 78.5 cm³/mol. The maximum atomic E-state index is 11.8. The van der Waals surface area contributed by atoms with Crippen molar-refractivity contribution in [2.24, 2.45) is 16.7 Å². The molecule has 1 fully saturated rings. The zero-order chi connectivity index (χ0) is 15.6. The molecule has 3 N–H and O–H groups in total. The lowest BCUT2D eigenvalue weighted by Crippen LogP contribution is -2.44. The number of amides is 2. The van der Waals surface area contributed by atoms with Gasteiger partial charge in [-0.05, 0) is 23.2 Å². The molecule has 5 nitrogen and oxygen atoms in total. The van der Waals surface area contributed by atoms with E-state index in [1.165, 1.54) is 0 Å². The van der Waals surface area contributed by atoms with E-state index in [4.69, 9.17) is 5.11 Å². The minimum Gasteiger partial charge on any atom is -0.481 e. The van der Waals surface area contributed by atoms with Crippen molar-refractivity contribution in [2.75, 3.05) is 6.54 Å². The van der Waals surface area contributed by atoms with Crippen molar-refractivity contribution < 1.29 is 14.7 Å². The first-order valence-electron chi connectivity index (χ1n) is 7.39. The topological polar surface area (TPSA) is 78.4 Å². The Morgan fingerprint density at radius 2 is 1.75 bits per heavy atom. The van der Waals surface area contributed by atoms with Gasteiger partial charge in [0.05, 0.1) is 6.42 Å². The van der Waals surface area contributed by atoms with Crippen LogP contribution in [0.15, 0.2) is 0 Å². The van der Waals surface area contributed by atoms with Crippen molar-refractivity contribution in [3.8, 4) is 0 Å². The van der Waals surface area contributed by atoms with Crippen LogP contribution in [0.25, 0.3) is 0 Å². The van der Waals surface area contributed by atoms with Crippen molar-refractivity contribution in [1.29, 1.82) is 0 Å². The number of nitrogens with one attached hydrogen (secondary N) is 2. The SMILES string of the molecule is CCCC(CC(=O)O)NC(=O)NCC1C(C)(C)C1(C)C. The predicted octanol–water partition coefficient (Wildman–Crippen LogP) is 2.61. The minimum absolute atomic E-state index is 0.0261. The maximum Gasteiger partial charge on any atom is 0.315 e. The van der Waals surface area contributed by atoms with E-state index in [0.717, 1.165) is 6.42 Å². The van der Waals surface area contributed by atoms with Crippen molar-refractivity contribution >= 4 is 12.0 Å². The molecule has 20 heavy (non-hydrogen) atoms. The maximum absolute atomic E-state index is 11.8. The molecule has 1 saturated carbocycles. The van der Waals surface area contributed by atoms with Crippen LogP contribution in [0.5, 0.6) is 0 Å². The van der Waals surface area contributed by atoms with E-state index in [-0.39, 0.29) is 29.3 Å². The quantitative estimate of drug-likeness (QED) is 0.672. The first-order valence-corrected chi connectivity index (χ1v) is 7.39. The number of carbonyl (C=O) groups is 2. The summed E-state index contributed by atoms with van der Waals surface area (Å²) in [5.74, 6) is -0.418. The smallest absolute Gasteiger partial charge is 0.315 e. The second-order valence-corrected chi connectivity index (χ2v) is 6.93. The molecule has 0 aromatic heterocycles. The Balaban J connectivity index is 2.38. The molecule has 0 radical (unpaired) electrons. The highest BCUT2D eigenvalue weighted by Gasteiger charge is 2.64. The third-order valence-electron chi connectivity index (χ3n) is 5.18. The number of aliphatic carboxylic acids is 1. The summed E-state index contributed by atoms with van der Waals surface area (Å²) < 4.78 is 0. The van der Waals surface area contributed by atoms with E-state index in [1.807, 2.05) is 6.92 Å². The summed E-state index contributed by atoms with van der Waals surface area (Å²) in [7, 11) is 0.